The largest absolute Gasteiger partial charge is 0.348 e. The van der Waals surface area contributed by atoms with Crippen LogP contribution in [0.3, 0.4) is 0 Å². The monoisotopic (exact) mass is 331 g/mol. The number of rotatable bonds is 3. The lowest BCUT2D eigenvalue weighted by Gasteiger charge is -2.20. The fourth-order valence-electron chi connectivity index (χ4n) is 2.44. The molecular formula is C16H21N5OS. The number of nitrogens with one attached hydrogen (secondary N) is 2. The van der Waals surface area contributed by atoms with Crippen LogP contribution in [0, 0.1) is 6.92 Å². The maximum atomic E-state index is 12.3. The lowest BCUT2D eigenvalue weighted by atomic mass is 10.1. The Kier molecular flexibility index (Phi) is 3.75. The molecule has 0 fully saturated rings. The minimum Gasteiger partial charge on any atom is -0.348 e. The fourth-order valence-corrected chi connectivity index (χ4v) is 3.32. The highest BCUT2D eigenvalue weighted by Crippen LogP contribution is 2.25. The van der Waals surface area contributed by atoms with Crippen LogP contribution in [0.4, 0.5) is 5.95 Å². The number of aryl methyl sites for hydroxylation is 1. The number of thiophene rings is 1. The molecule has 3 aromatic rings. The predicted octanol–water partition coefficient (Wildman–Crippen LogP) is 3.42. The minimum atomic E-state index is -0.240. The van der Waals surface area contributed by atoms with Crippen molar-refractivity contribution in [3.8, 4) is 0 Å². The van der Waals surface area contributed by atoms with Crippen LogP contribution in [0.5, 0.6) is 0 Å². The van der Waals surface area contributed by atoms with E-state index in [0.717, 1.165) is 0 Å². The molecule has 1 atom stereocenters. The Balaban J connectivity index is 2.00. The molecule has 0 bridgehead atoms. The molecule has 7 heteroatoms. The van der Waals surface area contributed by atoms with E-state index in [-0.39, 0.29) is 17.1 Å². The zero-order valence-electron chi connectivity index (χ0n) is 14.0. The Morgan fingerprint density at radius 1 is 1.35 bits per heavy atom. The lowest BCUT2D eigenvalue weighted by molar-refractivity contribution is 0.366. The molecule has 1 unspecified atom stereocenters. The summed E-state index contributed by atoms with van der Waals surface area (Å²) in [6.07, 6.45) is 1.57. The molecule has 0 spiro atoms. The van der Waals surface area contributed by atoms with E-state index < -0.39 is 0 Å². The molecule has 0 saturated carbocycles. The second kappa shape index (κ2) is 5.49. The third kappa shape index (κ3) is 3.01. The topological polar surface area (TPSA) is 75.6 Å². The van der Waals surface area contributed by atoms with Gasteiger partial charge in [0.05, 0.1) is 17.8 Å². The van der Waals surface area contributed by atoms with Gasteiger partial charge in [-0.2, -0.15) is 10.1 Å². The minimum absolute atomic E-state index is 0.0697. The second-order valence-corrected chi connectivity index (χ2v) is 8.01. The molecular weight excluding hydrogens is 310 g/mol. The van der Waals surface area contributed by atoms with Crippen LogP contribution >= 0.6 is 11.3 Å². The van der Waals surface area contributed by atoms with Crippen molar-refractivity contribution < 1.29 is 0 Å². The maximum Gasteiger partial charge on any atom is 0.263 e. The highest BCUT2D eigenvalue weighted by Gasteiger charge is 2.20. The van der Waals surface area contributed by atoms with E-state index in [9.17, 15) is 4.79 Å². The molecule has 0 aliphatic rings. The zero-order chi connectivity index (χ0) is 16.8. The average molecular weight is 331 g/mol. The van der Waals surface area contributed by atoms with Crippen molar-refractivity contribution in [3.05, 3.63) is 38.4 Å². The number of anilines is 1. The van der Waals surface area contributed by atoms with Crippen LogP contribution in [0.2, 0.25) is 0 Å². The SMILES string of the molecule is Cc1ccc(C(C)Nc2nc3c(cnn3C(C)(C)C)c(=O)[nH]2)s1. The number of hydrogen-bond donors (Lipinski definition) is 2. The van der Waals surface area contributed by atoms with Gasteiger partial charge in [0, 0.05) is 9.75 Å². The maximum absolute atomic E-state index is 12.3. The summed E-state index contributed by atoms with van der Waals surface area (Å²) in [6.45, 7) is 10.2. The van der Waals surface area contributed by atoms with Crippen molar-refractivity contribution in [3.63, 3.8) is 0 Å². The van der Waals surface area contributed by atoms with E-state index in [4.69, 9.17) is 0 Å². The second-order valence-electron chi connectivity index (χ2n) is 6.69. The molecule has 3 aromatic heterocycles. The summed E-state index contributed by atoms with van der Waals surface area (Å²) >= 11 is 1.73. The number of aromatic amines is 1. The van der Waals surface area contributed by atoms with Gasteiger partial charge < -0.3 is 5.32 Å². The number of H-pyrrole nitrogens is 1. The van der Waals surface area contributed by atoms with E-state index in [2.05, 4.69) is 46.4 Å². The number of hydrogen-bond acceptors (Lipinski definition) is 5. The van der Waals surface area contributed by atoms with E-state index >= 15 is 0 Å². The smallest absolute Gasteiger partial charge is 0.263 e. The molecule has 0 radical (unpaired) electrons. The van der Waals surface area contributed by atoms with Crippen LogP contribution in [-0.4, -0.2) is 19.7 Å². The van der Waals surface area contributed by atoms with Crippen molar-refractivity contribution in [2.45, 2.75) is 46.2 Å². The van der Waals surface area contributed by atoms with Crippen molar-refractivity contribution >= 4 is 28.3 Å². The molecule has 0 aliphatic carbocycles. The Bertz CT molecular complexity index is 899. The fraction of sp³-hybridized carbons (Fsp3) is 0.438. The molecule has 0 saturated heterocycles. The first-order valence-corrected chi connectivity index (χ1v) is 8.39. The van der Waals surface area contributed by atoms with Crippen LogP contribution < -0.4 is 10.9 Å². The van der Waals surface area contributed by atoms with Gasteiger partial charge in [-0.1, -0.05) is 0 Å². The van der Waals surface area contributed by atoms with Crippen LogP contribution in [-0.2, 0) is 5.54 Å². The highest BCUT2D eigenvalue weighted by molar-refractivity contribution is 7.12. The van der Waals surface area contributed by atoms with Gasteiger partial charge >= 0.3 is 0 Å². The van der Waals surface area contributed by atoms with E-state index in [1.165, 1.54) is 9.75 Å². The highest BCUT2D eigenvalue weighted by atomic mass is 32.1. The summed E-state index contributed by atoms with van der Waals surface area (Å²) in [6, 6.07) is 4.25. The standard InChI is InChI=1S/C16H21N5OS/c1-9-6-7-12(23-9)10(2)18-15-19-13-11(14(22)20-15)8-17-21(13)16(3,4)5/h6-8,10H,1-5H3,(H2,18,19,20,22). The Labute approximate surface area is 138 Å². The molecule has 3 rings (SSSR count). The Morgan fingerprint density at radius 2 is 2.09 bits per heavy atom. The zero-order valence-corrected chi connectivity index (χ0v) is 14.8. The molecule has 0 aliphatic heterocycles. The third-order valence-electron chi connectivity index (χ3n) is 3.61. The summed E-state index contributed by atoms with van der Waals surface area (Å²) in [5.41, 5.74) is 0.178. The van der Waals surface area contributed by atoms with Crippen molar-refractivity contribution in [2.24, 2.45) is 0 Å². The van der Waals surface area contributed by atoms with Crippen molar-refractivity contribution in [1.29, 1.82) is 0 Å². The molecule has 6 nitrogen and oxygen atoms in total. The van der Waals surface area contributed by atoms with Gasteiger partial charge in [-0.05, 0) is 46.8 Å². The summed E-state index contributed by atoms with van der Waals surface area (Å²) in [5, 5.41) is 8.10. The normalized spacial score (nSPS) is 13.4. The molecule has 3 heterocycles. The number of fused-ring (bicyclic) bond motifs is 1. The van der Waals surface area contributed by atoms with Gasteiger partial charge in [-0.25, -0.2) is 4.68 Å². The van der Waals surface area contributed by atoms with Gasteiger partial charge in [0.2, 0.25) is 5.95 Å². The van der Waals surface area contributed by atoms with Gasteiger partial charge in [0.15, 0.2) is 5.65 Å². The van der Waals surface area contributed by atoms with Gasteiger partial charge in [0.25, 0.3) is 5.56 Å². The summed E-state index contributed by atoms with van der Waals surface area (Å²) in [5.74, 6) is 0.465. The summed E-state index contributed by atoms with van der Waals surface area (Å²) < 4.78 is 1.78. The Hall–Kier alpha value is -2.15. The van der Waals surface area contributed by atoms with Gasteiger partial charge in [0.1, 0.15) is 5.39 Å². The molecule has 122 valence electrons. The predicted molar refractivity (Wildman–Crippen MR) is 94.2 cm³/mol. The van der Waals surface area contributed by atoms with E-state index in [1.807, 2.05) is 20.8 Å². The molecule has 0 aromatic carbocycles. The molecule has 2 N–H and O–H groups in total. The molecule has 0 amide bonds. The first-order chi connectivity index (χ1) is 10.8. The number of aromatic nitrogens is 4. The van der Waals surface area contributed by atoms with Gasteiger partial charge in [-0.3, -0.25) is 9.78 Å². The first kappa shape index (κ1) is 15.7. The molecule has 23 heavy (non-hydrogen) atoms. The van der Waals surface area contributed by atoms with E-state index in [0.29, 0.717) is 17.0 Å². The lowest BCUT2D eigenvalue weighted by Crippen LogP contribution is -2.24. The van der Waals surface area contributed by atoms with Crippen LogP contribution in [0.15, 0.2) is 23.1 Å². The summed E-state index contributed by atoms with van der Waals surface area (Å²) in [4.78, 5) is 22.1. The van der Waals surface area contributed by atoms with Gasteiger partial charge in [-0.15, -0.1) is 11.3 Å². The third-order valence-corrected chi connectivity index (χ3v) is 4.80. The van der Waals surface area contributed by atoms with Crippen molar-refractivity contribution in [2.75, 3.05) is 5.32 Å². The number of nitrogens with zero attached hydrogens (tertiary/aromatic N) is 3. The van der Waals surface area contributed by atoms with Crippen molar-refractivity contribution in [1.82, 2.24) is 19.7 Å². The Morgan fingerprint density at radius 3 is 2.70 bits per heavy atom. The quantitative estimate of drug-likeness (QED) is 0.771. The van der Waals surface area contributed by atoms with Crippen LogP contribution in [0.25, 0.3) is 11.0 Å². The van der Waals surface area contributed by atoms with E-state index in [1.54, 1.807) is 22.2 Å². The average Bonchev–Trinajstić information content (AvgIpc) is 3.04. The first-order valence-electron chi connectivity index (χ1n) is 7.57. The van der Waals surface area contributed by atoms with Crippen LogP contribution in [0.1, 0.15) is 43.5 Å². The summed E-state index contributed by atoms with van der Waals surface area (Å²) in [7, 11) is 0.